The third kappa shape index (κ3) is 3.80. The second-order valence-electron chi connectivity index (χ2n) is 9.07. The number of aromatic nitrogens is 1. The smallest absolute Gasteiger partial charge is 0.325 e. The molecule has 1 fully saturated rings. The maximum Gasteiger partial charge on any atom is 0.325 e. The van der Waals surface area contributed by atoms with E-state index in [0.29, 0.717) is 29.2 Å². The van der Waals surface area contributed by atoms with Crippen LogP contribution in [0.1, 0.15) is 46.2 Å². The minimum atomic E-state index is -1.33. The van der Waals surface area contributed by atoms with E-state index in [2.05, 4.69) is 5.32 Å². The molecule has 1 aromatic heterocycles. The number of ketones is 1. The molecule has 0 radical (unpaired) electrons. The summed E-state index contributed by atoms with van der Waals surface area (Å²) in [6, 6.07) is 12.3. The number of nitrogens with zero attached hydrogens (tertiary/aromatic N) is 2. The van der Waals surface area contributed by atoms with Crippen molar-refractivity contribution in [2.75, 3.05) is 13.3 Å². The number of urea groups is 1. The molecule has 3 aromatic rings. The number of nitrogens with one attached hydrogen (secondary N) is 1. The molecule has 36 heavy (non-hydrogen) atoms. The van der Waals surface area contributed by atoms with Crippen molar-refractivity contribution in [1.29, 1.82) is 0 Å². The molecule has 2 aromatic carbocycles. The van der Waals surface area contributed by atoms with Crippen LogP contribution in [0.25, 0.3) is 0 Å². The van der Waals surface area contributed by atoms with Crippen molar-refractivity contribution < 1.29 is 28.2 Å². The van der Waals surface area contributed by atoms with Crippen molar-refractivity contribution >= 4 is 17.7 Å². The molecule has 0 spiro atoms. The number of hydrogen-bond acceptors (Lipinski definition) is 5. The minimum Gasteiger partial charge on any atom is -0.454 e. The second-order valence-corrected chi connectivity index (χ2v) is 9.07. The van der Waals surface area contributed by atoms with Crippen molar-refractivity contribution in [1.82, 2.24) is 14.8 Å². The molecule has 8 nitrogen and oxygen atoms in total. The molecule has 1 atom stereocenters. The summed E-state index contributed by atoms with van der Waals surface area (Å²) in [5.74, 6) is 0.0851. The number of benzene rings is 2. The number of aryl methyl sites for hydroxylation is 1. The van der Waals surface area contributed by atoms with E-state index in [1.165, 1.54) is 24.3 Å². The Labute approximate surface area is 207 Å². The monoisotopic (exact) mass is 491 g/mol. The fraction of sp³-hybridized carbons (Fsp3) is 0.296. The summed E-state index contributed by atoms with van der Waals surface area (Å²) in [6.07, 6.45) is 0.262. The molecule has 0 saturated carbocycles. The van der Waals surface area contributed by atoms with Crippen molar-refractivity contribution in [3.63, 3.8) is 0 Å². The Balaban J connectivity index is 1.37. The maximum absolute atomic E-state index is 13.4. The van der Waals surface area contributed by atoms with Gasteiger partial charge in [0.25, 0.3) is 5.91 Å². The number of hydrogen-bond donors (Lipinski definition) is 1. The number of fused-ring (bicyclic) bond motifs is 1. The first-order valence-electron chi connectivity index (χ1n) is 11.7. The van der Waals surface area contributed by atoms with Gasteiger partial charge in [0.1, 0.15) is 11.4 Å². The highest BCUT2D eigenvalue weighted by atomic mass is 19.1. The van der Waals surface area contributed by atoms with E-state index in [0.717, 1.165) is 21.9 Å². The second kappa shape index (κ2) is 8.82. The molecular formula is C27H26FN3O5. The molecular weight excluding hydrogens is 465 g/mol. The largest absolute Gasteiger partial charge is 0.454 e. The van der Waals surface area contributed by atoms with Crippen LogP contribution in [0.15, 0.2) is 48.5 Å². The summed E-state index contributed by atoms with van der Waals surface area (Å²) in [5.41, 5.74) is 2.19. The van der Waals surface area contributed by atoms with Gasteiger partial charge in [-0.2, -0.15) is 0 Å². The van der Waals surface area contributed by atoms with Gasteiger partial charge in [-0.05, 0) is 61.7 Å². The van der Waals surface area contributed by atoms with Gasteiger partial charge in [-0.3, -0.25) is 14.5 Å². The van der Waals surface area contributed by atoms with Gasteiger partial charge in [-0.25, -0.2) is 9.18 Å². The van der Waals surface area contributed by atoms with Crippen molar-refractivity contribution in [2.45, 2.75) is 39.3 Å². The molecule has 1 saturated heterocycles. The zero-order valence-electron chi connectivity index (χ0n) is 20.3. The summed E-state index contributed by atoms with van der Waals surface area (Å²) < 4.78 is 26.3. The Morgan fingerprint density at radius 1 is 1.06 bits per heavy atom. The molecule has 3 amide bonds. The number of carbonyl (C=O) groups excluding carboxylic acids is 3. The normalized spacial score (nSPS) is 18.6. The van der Waals surface area contributed by atoms with Gasteiger partial charge in [-0.1, -0.05) is 25.1 Å². The van der Waals surface area contributed by atoms with Crippen LogP contribution in [-0.2, 0) is 16.9 Å². The van der Waals surface area contributed by atoms with Crippen LogP contribution < -0.4 is 14.8 Å². The van der Waals surface area contributed by atoms with Gasteiger partial charge >= 0.3 is 6.03 Å². The number of Topliss-reactive ketones (excluding diaryl/α,β-unsaturated/α-hetero) is 1. The molecule has 1 N–H and O–H groups in total. The Morgan fingerprint density at radius 3 is 2.50 bits per heavy atom. The number of ether oxygens (including phenoxy) is 2. The summed E-state index contributed by atoms with van der Waals surface area (Å²) >= 11 is 0. The summed E-state index contributed by atoms with van der Waals surface area (Å²) in [5, 5.41) is 2.73. The van der Waals surface area contributed by atoms with Crippen molar-refractivity contribution in [3.05, 3.63) is 82.4 Å². The number of rotatable bonds is 7. The Morgan fingerprint density at radius 2 is 1.78 bits per heavy atom. The SMILES string of the molecule is CCC1(c2ccc(F)cc2)NC(=O)N(CC(=O)c2cc(C)n(Cc3ccc4c(c3)OCO4)c2C)C1=O. The molecule has 186 valence electrons. The first-order valence-corrected chi connectivity index (χ1v) is 11.7. The van der Waals surface area contributed by atoms with Crippen LogP contribution >= 0.6 is 0 Å². The van der Waals surface area contributed by atoms with E-state index in [1.807, 2.05) is 36.6 Å². The standard InChI is InChI=1S/C27H26FN3O5/c1-4-27(19-6-8-20(28)9-7-19)25(33)31(26(34)29-27)14-22(32)21-11-16(2)30(17(21)3)13-18-5-10-23-24(12-18)36-15-35-23/h5-12H,4,13-15H2,1-3H3,(H,29,34). The van der Waals surface area contributed by atoms with E-state index >= 15 is 0 Å². The van der Waals surface area contributed by atoms with E-state index in [-0.39, 0.29) is 25.5 Å². The van der Waals surface area contributed by atoms with Gasteiger partial charge in [0, 0.05) is 23.5 Å². The molecule has 0 bridgehead atoms. The van der Waals surface area contributed by atoms with E-state index in [4.69, 9.17) is 9.47 Å². The molecule has 2 aliphatic heterocycles. The highest BCUT2D eigenvalue weighted by molar-refractivity contribution is 6.11. The first kappa shape index (κ1) is 23.6. The lowest BCUT2D eigenvalue weighted by Gasteiger charge is -2.25. The van der Waals surface area contributed by atoms with Crippen molar-refractivity contribution in [2.24, 2.45) is 0 Å². The number of halogens is 1. The third-order valence-corrected chi connectivity index (χ3v) is 7.00. The van der Waals surface area contributed by atoms with E-state index in [1.54, 1.807) is 13.0 Å². The Bertz CT molecular complexity index is 1380. The number of amides is 3. The predicted octanol–water partition coefficient (Wildman–Crippen LogP) is 4.06. The molecule has 9 heteroatoms. The predicted molar refractivity (Wildman–Crippen MR) is 129 cm³/mol. The fourth-order valence-corrected chi connectivity index (χ4v) is 4.92. The lowest BCUT2D eigenvalue weighted by atomic mass is 9.87. The van der Waals surface area contributed by atoms with E-state index < -0.39 is 23.3 Å². The first-order chi connectivity index (χ1) is 17.2. The molecule has 0 aliphatic carbocycles. The van der Waals surface area contributed by atoms with Crippen LogP contribution in [0.3, 0.4) is 0 Å². The lowest BCUT2D eigenvalue weighted by Crippen LogP contribution is -2.43. The molecule has 3 heterocycles. The zero-order chi connectivity index (χ0) is 25.6. The third-order valence-electron chi connectivity index (χ3n) is 7.00. The van der Waals surface area contributed by atoms with Gasteiger partial charge in [0.05, 0.1) is 6.54 Å². The fourth-order valence-electron chi connectivity index (χ4n) is 4.92. The topological polar surface area (TPSA) is 89.9 Å². The highest BCUT2D eigenvalue weighted by Crippen LogP contribution is 2.34. The highest BCUT2D eigenvalue weighted by Gasteiger charge is 2.51. The Kier molecular flexibility index (Phi) is 5.78. The van der Waals surface area contributed by atoms with Crippen molar-refractivity contribution in [3.8, 4) is 11.5 Å². The van der Waals surface area contributed by atoms with Gasteiger partial charge in [-0.15, -0.1) is 0 Å². The molecule has 2 aliphatic rings. The quantitative estimate of drug-likeness (QED) is 0.398. The number of carbonyl (C=O) groups is 3. The average Bonchev–Trinajstić information content (AvgIpc) is 3.51. The lowest BCUT2D eigenvalue weighted by molar-refractivity contribution is -0.131. The van der Waals surface area contributed by atoms with Crippen LogP contribution in [0, 0.1) is 19.7 Å². The molecule has 1 unspecified atom stereocenters. The maximum atomic E-state index is 13.4. The summed E-state index contributed by atoms with van der Waals surface area (Å²) in [7, 11) is 0. The molecule has 5 rings (SSSR count). The van der Waals surface area contributed by atoms with Gasteiger partial charge < -0.3 is 19.4 Å². The van der Waals surface area contributed by atoms with Crippen LogP contribution in [0.4, 0.5) is 9.18 Å². The summed E-state index contributed by atoms with van der Waals surface area (Å²) in [4.78, 5) is 40.4. The van der Waals surface area contributed by atoms with Crippen LogP contribution in [-0.4, -0.2) is 40.5 Å². The van der Waals surface area contributed by atoms with Gasteiger partial charge in [0.2, 0.25) is 6.79 Å². The average molecular weight is 492 g/mol. The number of imide groups is 1. The van der Waals surface area contributed by atoms with Crippen LogP contribution in [0.2, 0.25) is 0 Å². The zero-order valence-corrected chi connectivity index (χ0v) is 20.3. The minimum absolute atomic E-state index is 0.197. The summed E-state index contributed by atoms with van der Waals surface area (Å²) in [6.45, 7) is 5.84. The Hall–Kier alpha value is -4.14. The van der Waals surface area contributed by atoms with Gasteiger partial charge in [0.15, 0.2) is 17.3 Å². The van der Waals surface area contributed by atoms with E-state index in [9.17, 15) is 18.8 Å². The van der Waals surface area contributed by atoms with Crippen LogP contribution in [0.5, 0.6) is 11.5 Å².